The van der Waals surface area contributed by atoms with Crippen molar-refractivity contribution in [2.45, 2.75) is 43.5 Å². The van der Waals surface area contributed by atoms with Gasteiger partial charge in [-0.3, -0.25) is 38.6 Å². The van der Waals surface area contributed by atoms with E-state index in [1.165, 1.54) is 19.0 Å². The van der Waals surface area contributed by atoms with Gasteiger partial charge in [-0.1, -0.05) is 30.3 Å². The Morgan fingerprint density at radius 2 is 1.78 bits per heavy atom. The average molecular weight is 621 g/mol. The van der Waals surface area contributed by atoms with Gasteiger partial charge in [0.2, 0.25) is 11.8 Å². The van der Waals surface area contributed by atoms with E-state index in [-0.39, 0.29) is 36.2 Å². The number of rotatable bonds is 4. The van der Waals surface area contributed by atoms with Gasteiger partial charge in [-0.05, 0) is 51.9 Å². The van der Waals surface area contributed by atoms with Gasteiger partial charge in [-0.25, -0.2) is 4.39 Å². The number of carbonyl (C=O) groups excluding carboxylic acids is 6. The van der Waals surface area contributed by atoms with Gasteiger partial charge in [0.05, 0.1) is 29.3 Å². The highest BCUT2D eigenvalue weighted by Crippen LogP contribution is 2.52. The van der Waals surface area contributed by atoms with Crippen LogP contribution in [0.4, 0.5) is 10.1 Å². The molecule has 7 atom stereocenters. The molecule has 0 spiro atoms. The summed E-state index contributed by atoms with van der Waals surface area (Å²) in [6, 6.07) is 7.20. The summed E-state index contributed by atoms with van der Waals surface area (Å²) in [5.41, 5.74) is 2.34. The van der Waals surface area contributed by atoms with Crippen LogP contribution in [0, 0.1) is 29.5 Å². The molecule has 13 heteroatoms. The number of halogens is 1. The summed E-state index contributed by atoms with van der Waals surface area (Å²) in [6.45, 7) is -0.0813. The van der Waals surface area contributed by atoms with Crippen LogP contribution in [0.3, 0.4) is 0 Å². The van der Waals surface area contributed by atoms with Crippen LogP contribution in [-0.2, 0) is 43.4 Å². The topological polar surface area (TPSA) is 187 Å². The molecule has 3 aliphatic carbocycles. The third-order valence-corrected chi connectivity index (χ3v) is 10.0. The highest BCUT2D eigenvalue weighted by atomic mass is 19.1. The number of primary amides is 1. The van der Waals surface area contributed by atoms with E-state index in [1.807, 2.05) is 30.3 Å². The standard InChI is InChI=1S/C32H33FN4O8/c1-36(2)24-17-11-14-10-15-20(25(38)19(14)28(41)32(17,45)29(42)21(27(24)40)30(34)43)26(39)23-16(22(15)33)12-37(3)18(31(44)35-23)9-13-7-5-4-6-8-13/h4-8,14,17-19,21,24,39,45H,9-12H2,1-3H3,(H2,34,43)(H,35,44)/t14-,17-,18+,19?,21?,24-,32-/m0/s1. The molecule has 2 fully saturated rings. The molecule has 2 aromatic carbocycles. The van der Waals surface area contributed by atoms with E-state index in [9.17, 15) is 39.0 Å². The van der Waals surface area contributed by atoms with Crippen molar-refractivity contribution in [3.63, 3.8) is 0 Å². The Morgan fingerprint density at radius 1 is 1.11 bits per heavy atom. The van der Waals surface area contributed by atoms with Crippen molar-refractivity contribution in [3.8, 4) is 5.75 Å². The number of phenols is 1. The monoisotopic (exact) mass is 620 g/mol. The van der Waals surface area contributed by atoms with Crippen LogP contribution in [0.5, 0.6) is 5.75 Å². The second-order valence-electron chi connectivity index (χ2n) is 12.8. The summed E-state index contributed by atoms with van der Waals surface area (Å²) >= 11 is 0. The number of nitrogens with zero attached hydrogens (tertiary/aromatic N) is 2. The summed E-state index contributed by atoms with van der Waals surface area (Å²) in [6.07, 6.45) is -0.122. The quantitative estimate of drug-likeness (QED) is 0.268. The van der Waals surface area contributed by atoms with Crippen molar-refractivity contribution in [3.05, 3.63) is 58.4 Å². The lowest BCUT2D eigenvalue weighted by Crippen LogP contribution is -2.74. The first-order valence-electron chi connectivity index (χ1n) is 14.7. The van der Waals surface area contributed by atoms with Crippen LogP contribution in [0.25, 0.3) is 0 Å². The Bertz CT molecular complexity index is 1690. The van der Waals surface area contributed by atoms with Gasteiger partial charge in [0.25, 0.3) is 0 Å². The Morgan fingerprint density at radius 3 is 2.40 bits per heavy atom. The number of phenolic OH excluding ortho intramolecular Hbond substituents is 1. The molecule has 2 aromatic rings. The van der Waals surface area contributed by atoms with Crippen LogP contribution < -0.4 is 11.1 Å². The number of Topliss-reactive ketones (excluding diaryl/α,β-unsaturated/α-hetero) is 4. The van der Waals surface area contributed by atoms with E-state index in [1.54, 1.807) is 11.9 Å². The average Bonchev–Trinajstić information content (AvgIpc) is 3.09. The first kappa shape index (κ1) is 30.7. The van der Waals surface area contributed by atoms with Crippen molar-refractivity contribution in [2.75, 3.05) is 26.5 Å². The zero-order valence-electron chi connectivity index (χ0n) is 24.9. The number of hydrogen-bond donors (Lipinski definition) is 4. The Balaban J connectivity index is 1.42. The summed E-state index contributed by atoms with van der Waals surface area (Å²) < 4.78 is 16.4. The molecule has 0 radical (unpaired) electrons. The van der Waals surface area contributed by atoms with Gasteiger partial charge >= 0.3 is 0 Å². The molecular formula is C32H33FN4O8. The Kier molecular flexibility index (Phi) is 7.26. The van der Waals surface area contributed by atoms with E-state index >= 15 is 4.39 Å². The Labute approximate surface area is 257 Å². The summed E-state index contributed by atoms with van der Waals surface area (Å²) in [7, 11) is 4.62. The predicted octanol–water partition coefficient (Wildman–Crippen LogP) is 0.00130. The molecule has 2 saturated carbocycles. The van der Waals surface area contributed by atoms with E-state index in [2.05, 4.69) is 5.32 Å². The fourth-order valence-electron chi connectivity index (χ4n) is 7.89. The van der Waals surface area contributed by atoms with Crippen LogP contribution in [0.2, 0.25) is 0 Å². The highest BCUT2D eigenvalue weighted by molar-refractivity contribution is 6.32. The van der Waals surface area contributed by atoms with Crippen LogP contribution in [-0.4, -0.2) is 93.8 Å². The molecule has 2 unspecified atom stereocenters. The van der Waals surface area contributed by atoms with Crippen molar-refractivity contribution in [1.29, 1.82) is 0 Å². The molecule has 4 aliphatic rings. The molecule has 236 valence electrons. The maximum Gasteiger partial charge on any atom is 0.242 e. The van der Waals surface area contributed by atoms with Crippen molar-refractivity contribution >= 4 is 40.6 Å². The van der Waals surface area contributed by atoms with E-state index in [0.717, 1.165) is 5.56 Å². The van der Waals surface area contributed by atoms with E-state index < -0.39 is 93.4 Å². The first-order valence-corrected chi connectivity index (χ1v) is 14.7. The molecule has 1 heterocycles. The SMILES string of the molecule is CN(C)[C@@H]1C(=O)C(C(N)=O)C(=O)[C@@]2(O)C(=O)C3C(=O)c4c(O)c5c(c(F)c4C[C@H]3C[C@@H]12)CN(C)[C@H](Cc1ccccc1)C(=O)N5. The van der Waals surface area contributed by atoms with Gasteiger partial charge in [0.15, 0.2) is 40.4 Å². The van der Waals surface area contributed by atoms with Gasteiger partial charge in [-0.15, -0.1) is 0 Å². The number of carbonyl (C=O) groups is 6. The summed E-state index contributed by atoms with van der Waals surface area (Å²) in [5, 5.41) is 25.7. The number of anilines is 1. The van der Waals surface area contributed by atoms with Crippen molar-refractivity contribution in [1.82, 2.24) is 9.80 Å². The molecule has 2 amide bonds. The lowest BCUT2D eigenvalue weighted by atomic mass is 9.52. The molecule has 0 saturated heterocycles. The van der Waals surface area contributed by atoms with Gasteiger partial charge in [-0.2, -0.15) is 0 Å². The second kappa shape index (κ2) is 10.6. The van der Waals surface area contributed by atoms with Crippen LogP contribution >= 0.6 is 0 Å². The molecular weight excluding hydrogens is 587 g/mol. The third-order valence-electron chi connectivity index (χ3n) is 10.0. The predicted molar refractivity (Wildman–Crippen MR) is 155 cm³/mol. The first-order chi connectivity index (χ1) is 21.2. The maximum absolute atomic E-state index is 16.4. The highest BCUT2D eigenvalue weighted by Gasteiger charge is 2.69. The van der Waals surface area contributed by atoms with E-state index in [4.69, 9.17) is 5.73 Å². The van der Waals surface area contributed by atoms with Gasteiger partial charge in [0, 0.05) is 23.6 Å². The maximum atomic E-state index is 16.4. The largest absolute Gasteiger partial charge is 0.505 e. The lowest BCUT2D eigenvalue weighted by Gasteiger charge is -2.52. The number of aromatic hydroxyl groups is 1. The lowest BCUT2D eigenvalue weighted by molar-refractivity contribution is -0.181. The minimum absolute atomic E-state index is 0.0268. The second-order valence-corrected chi connectivity index (χ2v) is 12.8. The number of likely N-dealkylation sites (N-methyl/N-ethyl adjacent to an activating group) is 2. The number of hydrogen-bond acceptors (Lipinski definition) is 10. The molecule has 6 rings (SSSR count). The number of amides is 2. The zero-order chi connectivity index (χ0) is 32.7. The van der Waals surface area contributed by atoms with Gasteiger partial charge in [0.1, 0.15) is 5.82 Å². The molecule has 45 heavy (non-hydrogen) atoms. The number of benzene rings is 2. The zero-order valence-corrected chi connectivity index (χ0v) is 24.9. The Hall–Kier alpha value is -4.33. The number of aliphatic hydroxyl groups is 1. The fraction of sp³-hybridized carbons (Fsp3) is 0.438. The van der Waals surface area contributed by atoms with Crippen LogP contribution in [0.15, 0.2) is 30.3 Å². The molecule has 0 bridgehead atoms. The van der Waals surface area contributed by atoms with E-state index in [0.29, 0.717) is 6.42 Å². The number of ketones is 4. The molecule has 0 aromatic heterocycles. The number of fused-ring (bicyclic) bond motifs is 4. The smallest absolute Gasteiger partial charge is 0.242 e. The normalized spacial score (nSPS) is 31.5. The summed E-state index contributed by atoms with van der Waals surface area (Å²) in [4.78, 5) is 83.3. The van der Waals surface area contributed by atoms with Crippen molar-refractivity contribution < 1.29 is 43.4 Å². The third kappa shape index (κ3) is 4.36. The molecule has 5 N–H and O–H groups in total. The number of nitrogens with one attached hydrogen (secondary N) is 1. The molecule has 1 aliphatic heterocycles. The molecule has 12 nitrogen and oxygen atoms in total. The minimum atomic E-state index is -2.89. The fourth-order valence-corrected chi connectivity index (χ4v) is 7.89. The summed E-state index contributed by atoms with van der Waals surface area (Å²) in [5.74, 6) is -13.9. The minimum Gasteiger partial charge on any atom is -0.505 e. The number of nitrogens with two attached hydrogens (primary N) is 1. The van der Waals surface area contributed by atoms with Crippen LogP contribution in [0.1, 0.15) is 33.5 Å². The van der Waals surface area contributed by atoms with Gasteiger partial charge < -0.3 is 21.3 Å². The van der Waals surface area contributed by atoms with Crippen molar-refractivity contribution in [2.24, 2.45) is 29.4 Å².